The summed E-state index contributed by atoms with van der Waals surface area (Å²) in [5.41, 5.74) is 3.74. The Hall–Kier alpha value is -3.72. The summed E-state index contributed by atoms with van der Waals surface area (Å²) in [6.07, 6.45) is 5.77. The van der Waals surface area contributed by atoms with Crippen molar-refractivity contribution in [2.45, 2.75) is 51.1 Å². The molecule has 3 heterocycles. The summed E-state index contributed by atoms with van der Waals surface area (Å²) in [6, 6.07) is 16.3. The van der Waals surface area contributed by atoms with Crippen LogP contribution < -0.4 is 15.2 Å². The third-order valence-corrected chi connectivity index (χ3v) is 8.21. The molecule has 0 amide bonds. The number of H-pyrrole nitrogens is 1. The molecule has 2 aromatic carbocycles. The summed E-state index contributed by atoms with van der Waals surface area (Å²) in [6.45, 7) is 5.30. The van der Waals surface area contributed by atoms with Crippen LogP contribution in [-0.2, 0) is 0 Å². The number of aromatic amines is 1. The maximum atomic E-state index is 13.6. The highest BCUT2D eigenvalue weighted by atomic mass is 16.5. The van der Waals surface area contributed by atoms with Crippen LogP contribution in [0.2, 0.25) is 0 Å². The maximum Gasteiger partial charge on any atom is 0.253 e. The third-order valence-electron chi connectivity index (χ3n) is 8.21. The monoisotopic (exact) mass is 513 g/mol. The molecule has 0 spiro atoms. The zero-order valence-corrected chi connectivity index (χ0v) is 22.1. The first-order chi connectivity index (χ1) is 18.6. The number of anilines is 1. The normalized spacial score (nSPS) is 18.1. The summed E-state index contributed by atoms with van der Waals surface area (Å²) in [5, 5.41) is 14.2. The Labute approximate surface area is 222 Å². The van der Waals surface area contributed by atoms with Crippen molar-refractivity contribution in [1.29, 1.82) is 0 Å². The number of hydrogen-bond acceptors (Lipinski definition) is 7. The molecule has 198 valence electrons. The van der Waals surface area contributed by atoms with Crippen molar-refractivity contribution in [3.8, 4) is 5.75 Å². The number of benzene rings is 2. The van der Waals surface area contributed by atoms with Crippen LogP contribution in [0.3, 0.4) is 0 Å². The quantitative estimate of drug-likeness (QED) is 0.412. The van der Waals surface area contributed by atoms with Gasteiger partial charge in [0.15, 0.2) is 5.82 Å². The number of nitrogens with zero attached hydrogens (tertiary/aromatic N) is 6. The smallest absolute Gasteiger partial charge is 0.253 e. The van der Waals surface area contributed by atoms with Gasteiger partial charge < -0.3 is 14.6 Å². The number of aromatic nitrogens is 5. The Morgan fingerprint density at radius 1 is 1.00 bits per heavy atom. The zero-order valence-electron chi connectivity index (χ0n) is 22.1. The van der Waals surface area contributed by atoms with Gasteiger partial charge in [-0.2, -0.15) is 0 Å². The number of para-hydroxylation sites is 1. The molecule has 1 saturated carbocycles. The maximum absolute atomic E-state index is 13.6. The molecule has 9 heteroatoms. The van der Waals surface area contributed by atoms with Crippen LogP contribution in [0, 0.1) is 6.92 Å². The summed E-state index contributed by atoms with van der Waals surface area (Å²) >= 11 is 0. The first-order valence-corrected chi connectivity index (χ1v) is 13.7. The van der Waals surface area contributed by atoms with Crippen molar-refractivity contribution in [1.82, 2.24) is 30.1 Å². The van der Waals surface area contributed by atoms with E-state index in [9.17, 15) is 4.79 Å². The lowest BCUT2D eigenvalue weighted by Crippen LogP contribution is -2.49. The fourth-order valence-corrected chi connectivity index (χ4v) is 6.10. The van der Waals surface area contributed by atoms with E-state index < -0.39 is 0 Å². The van der Waals surface area contributed by atoms with Crippen LogP contribution in [0.25, 0.3) is 10.9 Å². The zero-order chi connectivity index (χ0) is 26.1. The van der Waals surface area contributed by atoms with Crippen LogP contribution in [-0.4, -0.2) is 63.4 Å². The third kappa shape index (κ3) is 4.67. The summed E-state index contributed by atoms with van der Waals surface area (Å²) < 4.78 is 7.34. The fraction of sp³-hybridized carbons (Fsp3) is 0.448. The standard InChI is InChI=1S/C29H35N7O2/c1-20-7-6-8-21-19-25(29(37)30-26(20)21)27(28-31-32-33-36(28)23-9-4-3-5-10-23)35-17-15-34(16-18-35)22-11-13-24(38-2)14-12-22/h6-8,11-14,19,23,27H,3-5,9-10,15-18H2,1-2H3,(H,30,37). The van der Waals surface area contributed by atoms with Crippen molar-refractivity contribution >= 4 is 16.6 Å². The molecule has 9 nitrogen and oxygen atoms in total. The lowest BCUT2D eigenvalue weighted by molar-refractivity contribution is 0.192. The predicted octanol–water partition coefficient (Wildman–Crippen LogP) is 4.25. The molecule has 1 unspecified atom stereocenters. The van der Waals surface area contributed by atoms with Crippen molar-refractivity contribution in [3.63, 3.8) is 0 Å². The van der Waals surface area contributed by atoms with E-state index in [1.54, 1.807) is 7.11 Å². The number of tetrazole rings is 1. The number of nitrogens with one attached hydrogen (secondary N) is 1. The summed E-state index contributed by atoms with van der Waals surface area (Å²) in [4.78, 5) is 21.5. The molecular weight excluding hydrogens is 478 g/mol. The fourth-order valence-electron chi connectivity index (χ4n) is 6.10. The molecule has 1 N–H and O–H groups in total. The number of fused-ring (bicyclic) bond motifs is 1. The minimum Gasteiger partial charge on any atom is -0.497 e. The molecule has 1 aliphatic carbocycles. The lowest BCUT2D eigenvalue weighted by Gasteiger charge is -2.40. The second-order valence-corrected chi connectivity index (χ2v) is 10.5. The van der Waals surface area contributed by atoms with Gasteiger partial charge in [0.05, 0.1) is 18.7 Å². The second kappa shape index (κ2) is 10.6. The van der Waals surface area contributed by atoms with Gasteiger partial charge in [-0.25, -0.2) is 4.68 Å². The molecule has 2 aliphatic rings. The van der Waals surface area contributed by atoms with E-state index in [-0.39, 0.29) is 17.6 Å². The van der Waals surface area contributed by atoms with Crippen LogP contribution >= 0.6 is 0 Å². The van der Waals surface area contributed by atoms with Gasteiger partial charge in [-0.05, 0) is 71.5 Å². The Balaban J connectivity index is 1.36. The van der Waals surface area contributed by atoms with Crippen LogP contribution in [0.5, 0.6) is 5.75 Å². The molecule has 0 radical (unpaired) electrons. The highest BCUT2D eigenvalue weighted by Gasteiger charge is 2.34. The predicted molar refractivity (Wildman–Crippen MR) is 148 cm³/mol. The highest BCUT2D eigenvalue weighted by molar-refractivity contribution is 5.82. The molecule has 1 saturated heterocycles. The van der Waals surface area contributed by atoms with Gasteiger partial charge in [0.25, 0.3) is 5.56 Å². The Morgan fingerprint density at radius 2 is 1.76 bits per heavy atom. The van der Waals surface area contributed by atoms with Gasteiger partial charge in [-0.15, -0.1) is 5.10 Å². The minimum absolute atomic E-state index is 0.0763. The summed E-state index contributed by atoms with van der Waals surface area (Å²) in [7, 11) is 1.69. The lowest BCUT2D eigenvalue weighted by atomic mass is 9.95. The first-order valence-electron chi connectivity index (χ1n) is 13.7. The van der Waals surface area contributed by atoms with E-state index in [0.717, 1.165) is 67.1 Å². The second-order valence-electron chi connectivity index (χ2n) is 10.5. The average molecular weight is 514 g/mol. The number of piperazine rings is 1. The van der Waals surface area contributed by atoms with Gasteiger partial charge >= 0.3 is 0 Å². The average Bonchev–Trinajstić information content (AvgIpc) is 3.44. The van der Waals surface area contributed by atoms with E-state index in [1.807, 2.05) is 41.9 Å². The molecule has 2 aromatic heterocycles. The van der Waals surface area contributed by atoms with Crippen LogP contribution in [0.15, 0.2) is 53.3 Å². The Bertz CT molecular complexity index is 1450. The van der Waals surface area contributed by atoms with Gasteiger partial charge in [0, 0.05) is 37.4 Å². The largest absolute Gasteiger partial charge is 0.497 e. The van der Waals surface area contributed by atoms with Gasteiger partial charge in [0.1, 0.15) is 11.8 Å². The van der Waals surface area contributed by atoms with Crippen molar-refractivity contribution in [3.05, 3.63) is 75.8 Å². The molecule has 1 atom stereocenters. The van der Waals surface area contributed by atoms with E-state index in [2.05, 4.69) is 48.5 Å². The number of aryl methyl sites for hydroxylation is 1. The number of methoxy groups -OCH3 is 1. The Kier molecular flexibility index (Phi) is 6.84. The van der Waals surface area contributed by atoms with Gasteiger partial charge in [-0.3, -0.25) is 9.69 Å². The van der Waals surface area contributed by atoms with Crippen molar-refractivity contribution in [2.24, 2.45) is 0 Å². The SMILES string of the molecule is COc1ccc(N2CCN(C(c3cc4cccc(C)c4[nH]c3=O)c3nnnn3C3CCCCC3)CC2)cc1. The van der Waals surface area contributed by atoms with Crippen LogP contribution in [0.4, 0.5) is 5.69 Å². The van der Waals surface area contributed by atoms with Crippen LogP contribution in [0.1, 0.15) is 61.1 Å². The Morgan fingerprint density at radius 3 is 2.50 bits per heavy atom. The molecular formula is C29H35N7O2. The highest BCUT2D eigenvalue weighted by Crippen LogP contribution is 2.34. The molecule has 4 aromatic rings. The number of rotatable bonds is 6. The molecule has 38 heavy (non-hydrogen) atoms. The molecule has 1 aliphatic heterocycles. The topological polar surface area (TPSA) is 92.2 Å². The molecule has 6 rings (SSSR count). The molecule has 0 bridgehead atoms. The number of ether oxygens (including phenoxy) is 1. The van der Waals surface area contributed by atoms with E-state index in [4.69, 9.17) is 4.74 Å². The van der Waals surface area contributed by atoms with E-state index >= 15 is 0 Å². The molecule has 2 fully saturated rings. The number of hydrogen-bond donors (Lipinski definition) is 1. The summed E-state index contributed by atoms with van der Waals surface area (Å²) in [5.74, 6) is 1.63. The van der Waals surface area contributed by atoms with Gasteiger partial charge in [-0.1, -0.05) is 37.5 Å². The van der Waals surface area contributed by atoms with Gasteiger partial charge in [0.2, 0.25) is 0 Å². The first kappa shape index (κ1) is 24.6. The van der Waals surface area contributed by atoms with E-state index in [0.29, 0.717) is 5.56 Å². The van der Waals surface area contributed by atoms with Crippen molar-refractivity contribution < 1.29 is 4.74 Å². The minimum atomic E-state index is -0.321. The van der Waals surface area contributed by atoms with E-state index in [1.165, 1.54) is 24.9 Å². The number of pyridine rings is 1. The van der Waals surface area contributed by atoms with Crippen molar-refractivity contribution in [2.75, 3.05) is 38.2 Å².